The van der Waals surface area contributed by atoms with E-state index in [1.54, 1.807) is 19.1 Å². The average Bonchev–Trinajstić information content (AvgIpc) is 2.88. The van der Waals surface area contributed by atoms with E-state index >= 15 is 0 Å². The average molecular weight is 448 g/mol. The molecule has 0 amide bonds. The number of esters is 1. The van der Waals surface area contributed by atoms with E-state index in [0.29, 0.717) is 16.9 Å². The number of hydrogen-bond donors (Lipinski definition) is 0. The Labute approximate surface area is 166 Å². The SMILES string of the molecule is CCOC(=O)C1=CC[C@@]2(c3ccc(Br)cc3)c3ccccc3S(=O)(=O)N2C1. The number of rotatable bonds is 3. The molecule has 2 aromatic carbocycles. The number of sulfonamides is 1. The summed E-state index contributed by atoms with van der Waals surface area (Å²) in [6.07, 6.45) is 2.19. The lowest BCUT2D eigenvalue weighted by Crippen LogP contribution is -2.48. The first-order chi connectivity index (χ1) is 12.9. The molecule has 140 valence electrons. The minimum Gasteiger partial charge on any atom is -0.463 e. The van der Waals surface area contributed by atoms with E-state index in [4.69, 9.17) is 4.74 Å². The number of hydrogen-bond acceptors (Lipinski definition) is 4. The number of fused-ring (bicyclic) bond motifs is 3. The van der Waals surface area contributed by atoms with E-state index in [2.05, 4.69) is 15.9 Å². The summed E-state index contributed by atoms with van der Waals surface area (Å²) < 4.78 is 34.1. The molecule has 7 heteroatoms. The second-order valence-electron chi connectivity index (χ2n) is 6.53. The quantitative estimate of drug-likeness (QED) is 0.674. The van der Waals surface area contributed by atoms with Crippen LogP contribution in [0.4, 0.5) is 0 Å². The molecule has 2 aliphatic heterocycles. The molecule has 2 aliphatic rings. The normalized spacial score (nSPS) is 23.3. The van der Waals surface area contributed by atoms with Gasteiger partial charge in [-0.05, 0) is 42.7 Å². The Morgan fingerprint density at radius 3 is 2.59 bits per heavy atom. The molecule has 0 fully saturated rings. The fourth-order valence-corrected chi connectivity index (χ4v) is 6.19. The van der Waals surface area contributed by atoms with Crippen LogP contribution in [-0.2, 0) is 25.1 Å². The highest BCUT2D eigenvalue weighted by molar-refractivity contribution is 9.10. The van der Waals surface area contributed by atoms with E-state index < -0.39 is 21.5 Å². The first kappa shape index (κ1) is 18.4. The van der Waals surface area contributed by atoms with Crippen LogP contribution in [0.3, 0.4) is 0 Å². The molecular weight excluding hydrogens is 430 g/mol. The van der Waals surface area contributed by atoms with Gasteiger partial charge in [0.25, 0.3) is 0 Å². The molecule has 0 aromatic heterocycles. The van der Waals surface area contributed by atoms with Gasteiger partial charge >= 0.3 is 5.97 Å². The Morgan fingerprint density at radius 2 is 1.89 bits per heavy atom. The van der Waals surface area contributed by atoms with Crippen molar-refractivity contribution in [3.8, 4) is 0 Å². The molecule has 0 N–H and O–H groups in total. The van der Waals surface area contributed by atoms with Gasteiger partial charge in [-0.15, -0.1) is 0 Å². The van der Waals surface area contributed by atoms with Gasteiger partial charge in [0, 0.05) is 16.6 Å². The summed E-state index contributed by atoms with van der Waals surface area (Å²) in [7, 11) is -3.73. The van der Waals surface area contributed by atoms with Gasteiger partial charge in [-0.3, -0.25) is 0 Å². The van der Waals surface area contributed by atoms with Crippen LogP contribution < -0.4 is 0 Å². The first-order valence-corrected chi connectivity index (χ1v) is 10.9. The van der Waals surface area contributed by atoms with Crippen LogP contribution in [0.15, 0.2) is 69.5 Å². The third-order valence-corrected chi connectivity index (χ3v) is 7.61. The van der Waals surface area contributed by atoms with Crippen molar-refractivity contribution in [1.82, 2.24) is 4.31 Å². The fourth-order valence-electron chi connectivity index (χ4n) is 3.93. The summed E-state index contributed by atoms with van der Waals surface area (Å²) >= 11 is 3.43. The van der Waals surface area contributed by atoms with E-state index in [0.717, 1.165) is 15.6 Å². The van der Waals surface area contributed by atoms with Crippen LogP contribution in [-0.4, -0.2) is 31.8 Å². The number of nitrogens with zero attached hydrogens (tertiary/aromatic N) is 1. The second kappa shape index (κ2) is 6.58. The molecule has 2 aromatic rings. The Hall–Kier alpha value is -1.96. The molecule has 0 aliphatic carbocycles. The zero-order valence-corrected chi connectivity index (χ0v) is 17.1. The second-order valence-corrected chi connectivity index (χ2v) is 9.28. The summed E-state index contributed by atoms with van der Waals surface area (Å²) in [4.78, 5) is 12.5. The fraction of sp³-hybridized carbons (Fsp3) is 0.250. The van der Waals surface area contributed by atoms with E-state index in [1.807, 2.05) is 42.5 Å². The molecule has 0 spiro atoms. The Balaban J connectivity index is 1.94. The monoisotopic (exact) mass is 447 g/mol. The summed E-state index contributed by atoms with van der Waals surface area (Å²) in [5.41, 5.74) is 1.14. The van der Waals surface area contributed by atoms with Crippen LogP contribution in [0.2, 0.25) is 0 Å². The smallest absolute Gasteiger partial charge is 0.335 e. The molecule has 1 atom stereocenters. The summed E-state index contributed by atoms with van der Waals surface area (Å²) in [5, 5.41) is 0. The number of carbonyl (C=O) groups excluding carboxylic acids is 1. The van der Waals surface area contributed by atoms with Gasteiger partial charge in [0.05, 0.1) is 17.0 Å². The number of benzene rings is 2. The van der Waals surface area contributed by atoms with Crippen molar-refractivity contribution in [2.45, 2.75) is 23.8 Å². The predicted octanol–water partition coefficient (Wildman–Crippen LogP) is 3.59. The van der Waals surface area contributed by atoms with Gasteiger partial charge in [0.15, 0.2) is 0 Å². The zero-order chi connectivity index (χ0) is 19.2. The minimum absolute atomic E-state index is 0.00803. The van der Waals surface area contributed by atoms with Crippen LogP contribution in [0.5, 0.6) is 0 Å². The molecule has 27 heavy (non-hydrogen) atoms. The largest absolute Gasteiger partial charge is 0.463 e. The van der Waals surface area contributed by atoms with Crippen molar-refractivity contribution in [3.63, 3.8) is 0 Å². The maximum absolute atomic E-state index is 13.3. The highest BCUT2D eigenvalue weighted by Crippen LogP contribution is 2.52. The molecule has 4 rings (SSSR count). The number of carbonyl (C=O) groups is 1. The van der Waals surface area contributed by atoms with Gasteiger partial charge in [0.1, 0.15) is 0 Å². The van der Waals surface area contributed by atoms with Crippen molar-refractivity contribution >= 4 is 31.9 Å². The summed E-state index contributed by atoms with van der Waals surface area (Å²) in [6, 6.07) is 14.7. The lowest BCUT2D eigenvalue weighted by Gasteiger charge is -2.40. The lowest BCUT2D eigenvalue weighted by molar-refractivity contribution is -0.138. The van der Waals surface area contributed by atoms with Crippen molar-refractivity contribution < 1.29 is 17.9 Å². The minimum atomic E-state index is -3.73. The van der Waals surface area contributed by atoms with Crippen molar-refractivity contribution in [1.29, 1.82) is 0 Å². The summed E-state index contributed by atoms with van der Waals surface area (Å²) in [5.74, 6) is -0.465. The Bertz CT molecular complexity index is 1050. The van der Waals surface area contributed by atoms with Gasteiger partial charge in [-0.2, -0.15) is 4.31 Å². The zero-order valence-electron chi connectivity index (χ0n) is 14.7. The van der Waals surface area contributed by atoms with Crippen LogP contribution in [0.1, 0.15) is 24.5 Å². The van der Waals surface area contributed by atoms with E-state index in [9.17, 15) is 13.2 Å². The van der Waals surface area contributed by atoms with Crippen LogP contribution in [0, 0.1) is 0 Å². The topological polar surface area (TPSA) is 63.7 Å². The molecule has 0 saturated heterocycles. The molecule has 0 saturated carbocycles. The van der Waals surface area contributed by atoms with E-state index in [1.165, 1.54) is 4.31 Å². The van der Waals surface area contributed by atoms with Gasteiger partial charge in [0.2, 0.25) is 10.0 Å². The Kier molecular flexibility index (Phi) is 4.49. The standard InChI is InChI=1S/C20H18BrNO4S/c1-2-26-19(23)14-11-12-20(15-7-9-16(21)10-8-15)17-5-3-4-6-18(17)27(24,25)22(20)13-14/h3-11H,2,12-13H2,1H3/t20-/m1/s1. The van der Waals surface area contributed by atoms with Gasteiger partial charge < -0.3 is 4.74 Å². The molecule has 2 heterocycles. The highest BCUT2D eigenvalue weighted by Gasteiger charge is 2.56. The molecule has 0 radical (unpaired) electrons. The van der Waals surface area contributed by atoms with Crippen molar-refractivity contribution in [2.75, 3.05) is 13.2 Å². The Morgan fingerprint density at radius 1 is 1.19 bits per heavy atom. The van der Waals surface area contributed by atoms with Gasteiger partial charge in [-0.25, -0.2) is 13.2 Å². The third-order valence-electron chi connectivity index (χ3n) is 5.14. The lowest BCUT2D eigenvalue weighted by atomic mass is 9.77. The third kappa shape index (κ3) is 2.68. The molecule has 5 nitrogen and oxygen atoms in total. The first-order valence-electron chi connectivity index (χ1n) is 8.66. The van der Waals surface area contributed by atoms with Crippen LogP contribution in [0.25, 0.3) is 0 Å². The maximum atomic E-state index is 13.3. The molecule has 0 bridgehead atoms. The number of halogens is 1. The van der Waals surface area contributed by atoms with Crippen molar-refractivity contribution in [3.05, 3.63) is 75.8 Å². The maximum Gasteiger partial charge on any atom is 0.335 e. The van der Waals surface area contributed by atoms with Crippen molar-refractivity contribution in [2.24, 2.45) is 0 Å². The van der Waals surface area contributed by atoms with Crippen LogP contribution >= 0.6 is 15.9 Å². The predicted molar refractivity (Wildman–Crippen MR) is 105 cm³/mol. The van der Waals surface area contributed by atoms with Gasteiger partial charge in [-0.1, -0.05) is 52.3 Å². The molecule has 0 unspecified atom stereocenters. The summed E-state index contributed by atoms with van der Waals surface area (Å²) in [6.45, 7) is 1.97. The number of ether oxygens (including phenoxy) is 1. The highest BCUT2D eigenvalue weighted by atomic mass is 79.9. The molecular formula is C20H18BrNO4S. The van der Waals surface area contributed by atoms with E-state index in [-0.39, 0.29) is 13.2 Å².